The Morgan fingerprint density at radius 1 is 0.667 bits per heavy atom. The van der Waals surface area contributed by atoms with Crippen LogP contribution in [0.1, 0.15) is 39.5 Å². The average molecular weight is 466 g/mol. The van der Waals surface area contributed by atoms with E-state index in [1.807, 2.05) is 36.4 Å². The molecule has 8 bridgehead atoms. The van der Waals surface area contributed by atoms with E-state index in [4.69, 9.17) is 0 Å². The monoisotopic (exact) mass is 466 g/mol. The Bertz CT molecular complexity index is 1720. The molecule has 33 heavy (non-hydrogen) atoms. The largest absolute Gasteiger partial charge is 0.355 e. The Morgan fingerprint density at radius 3 is 1.94 bits per heavy atom. The predicted octanol–water partition coefficient (Wildman–Crippen LogP) is 4.16. The fourth-order valence-corrected chi connectivity index (χ4v) is 3.68. The van der Waals surface area contributed by atoms with Crippen molar-refractivity contribution in [1.82, 2.24) is 19.9 Å². The van der Waals surface area contributed by atoms with E-state index in [9.17, 15) is 21.0 Å². The van der Waals surface area contributed by atoms with Gasteiger partial charge in [-0.05, 0) is 48.6 Å². The fourth-order valence-electron chi connectivity index (χ4n) is 3.68. The van der Waals surface area contributed by atoms with Crippen molar-refractivity contribution in [3.8, 4) is 24.3 Å². The zero-order valence-electron chi connectivity index (χ0n) is 16.7. The van der Waals surface area contributed by atoms with Crippen LogP contribution in [-0.4, -0.2) is 19.9 Å². The van der Waals surface area contributed by atoms with E-state index >= 15 is 0 Å². The number of nitrogens with one attached hydrogen (secondary N) is 2. The number of hydrogen-bond acceptors (Lipinski definition) is 6. The van der Waals surface area contributed by atoms with Crippen LogP contribution in [0.25, 0.3) is 45.9 Å². The van der Waals surface area contributed by atoms with Gasteiger partial charge in [0.25, 0.3) is 0 Å². The van der Waals surface area contributed by atoms with Gasteiger partial charge >= 0.3 is 0 Å². The molecule has 3 aromatic heterocycles. The summed E-state index contributed by atoms with van der Waals surface area (Å²) < 4.78 is 0. The summed E-state index contributed by atoms with van der Waals surface area (Å²) in [6.07, 6.45) is 5.21. The molecule has 2 aliphatic heterocycles. The summed E-state index contributed by atoms with van der Waals surface area (Å²) in [6.45, 7) is 0. The van der Waals surface area contributed by atoms with Crippen LogP contribution in [0, 0.1) is 45.3 Å². The van der Waals surface area contributed by atoms with Gasteiger partial charge in [0.2, 0.25) is 0 Å². The molecule has 0 amide bonds. The van der Waals surface area contributed by atoms with Crippen molar-refractivity contribution in [2.24, 2.45) is 0 Å². The number of nitrogens with zero attached hydrogens (tertiary/aromatic N) is 6. The SMILES string of the molecule is N#CC1=Cc2cc3ccc(cc4nc(cc5[nH]c(c(C#N)c1n2)c(C#N)c5C#N)C=C4)[nH]3.[Fe]. The Labute approximate surface area is 197 Å². The molecule has 0 unspecified atom stereocenters. The number of aromatic amines is 2. The van der Waals surface area contributed by atoms with Crippen LogP contribution < -0.4 is 0 Å². The molecule has 0 radical (unpaired) electrons. The van der Waals surface area contributed by atoms with Gasteiger partial charge in [0.15, 0.2) is 0 Å². The molecular formula is C24H10FeN8. The zero-order chi connectivity index (χ0) is 22.2. The number of aromatic nitrogens is 4. The van der Waals surface area contributed by atoms with Crippen LogP contribution in [0.15, 0.2) is 30.3 Å². The van der Waals surface area contributed by atoms with Crippen LogP contribution in [0.4, 0.5) is 0 Å². The van der Waals surface area contributed by atoms with E-state index in [1.165, 1.54) is 0 Å². The molecule has 0 fully saturated rings. The van der Waals surface area contributed by atoms with Crippen LogP contribution in [-0.2, 0) is 17.1 Å². The second kappa shape index (κ2) is 8.31. The average Bonchev–Trinajstić information content (AvgIpc) is 3.56. The Hall–Kier alpha value is -4.92. The molecule has 0 aliphatic carbocycles. The quantitative estimate of drug-likeness (QED) is 0.371. The van der Waals surface area contributed by atoms with Gasteiger partial charge in [-0.25, -0.2) is 9.97 Å². The minimum atomic E-state index is 0. The molecular weight excluding hydrogens is 456 g/mol. The molecule has 8 nitrogen and oxygen atoms in total. The van der Waals surface area contributed by atoms with Crippen molar-refractivity contribution < 1.29 is 17.1 Å². The van der Waals surface area contributed by atoms with Crippen LogP contribution >= 0.6 is 0 Å². The summed E-state index contributed by atoms with van der Waals surface area (Å²) in [6, 6.07) is 17.2. The van der Waals surface area contributed by atoms with Crippen LogP contribution in [0.3, 0.4) is 0 Å². The smallest absolute Gasteiger partial charge is 0.104 e. The van der Waals surface area contributed by atoms with Gasteiger partial charge < -0.3 is 9.97 Å². The van der Waals surface area contributed by atoms with E-state index in [0.29, 0.717) is 22.6 Å². The number of nitriles is 4. The standard InChI is InChI=1S/C24H10N8.Fe/c25-9-13-5-18-7-16-2-1-14(29-16)6-15-3-4-17(30-15)8-22-19(10-26)20(11-27)24(32-22)21(12-28)23(13)31-18;/h1-8,29,32H;. The Morgan fingerprint density at radius 2 is 1.30 bits per heavy atom. The molecule has 0 spiro atoms. The van der Waals surface area contributed by atoms with Crippen LogP contribution in [0.5, 0.6) is 0 Å². The summed E-state index contributed by atoms with van der Waals surface area (Å²) in [5.41, 5.74) is 4.34. The molecule has 154 valence electrons. The Balaban J connectivity index is 0.00000259. The second-order valence-corrected chi connectivity index (χ2v) is 7.03. The van der Waals surface area contributed by atoms with E-state index < -0.39 is 0 Å². The van der Waals surface area contributed by atoms with Crippen molar-refractivity contribution in [1.29, 1.82) is 21.0 Å². The van der Waals surface area contributed by atoms with E-state index in [0.717, 1.165) is 11.0 Å². The van der Waals surface area contributed by atoms with Crippen molar-refractivity contribution in [2.75, 3.05) is 0 Å². The molecule has 5 rings (SSSR count). The second-order valence-electron chi connectivity index (χ2n) is 7.03. The predicted molar refractivity (Wildman–Crippen MR) is 118 cm³/mol. The first-order valence-corrected chi connectivity index (χ1v) is 9.42. The maximum atomic E-state index is 9.92. The first-order valence-electron chi connectivity index (χ1n) is 9.42. The summed E-state index contributed by atoms with van der Waals surface area (Å²) >= 11 is 0. The molecule has 3 aromatic rings. The van der Waals surface area contributed by atoms with E-state index in [2.05, 4.69) is 32.1 Å². The number of hydrogen-bond donors (Lipinski definition) is 2. The Kier molecular flexibility index (Phi) is 5.37. The molecule has 9 heteroatoms. The van der Waals surface area contributed by atoms with Crippen LogP contribution in [0.2, 0.25) is 0 Å². The fraction of sp³-hybridized carbons (Fsp3) is 0. The van der Waals surface area contributed by atoms with Gasteiger partial charge in [0.1, 0.15) is 35.5 Å². The maximum Gasteiger partial charge on any atom is 0.104 e. The van der Waals surface area contributed by atoms with Gasteiger partial charge in [-0.1, -0.05) is 0 Å². The number of H-pyrrole nitrogens is 2. The van der Waals surface area contributed by atoms with E-state index in [1.54, 1.807) is 24.3 Å². The molecule has 0 saturated heterocycles. The van der Waals surface area contributed by atoms with Crippen molar-refractivity contribution >= 4 is 45.9 Å². The van der Waals surface area contributed by atoms with Crippen molar-refractivity contribution in [2.45, 2.75) is 0 Å². The molecule has 2 N–H and O–H groups in total. The third-order valence-electron chi connectivity index (χ3n) is 5.07. The topological polar surface area (TPSA) is 153 Å². The summed E-state index contributed by atoms with van der Waals surface area (Å²) in [5, 5.41) is 39.0. The summed E-state index contributed by atoms with van der Waals surface area (Å²) in [4.78, 5) is 15.3. The first-order chi connectivity index (χ1) is 15.6. The summed E-state index contributed by atoms with van der Waals surface area (Å²) in [5.74, 6) is 0. The van der Waals surface area contributed by atoms with Crippen molar-refractivity contribution in [3.63, 3.8) is 0 Å². The third kappa shape index (κ3) is 3.57. The number of rotatable bonds is 0. The van der Waals surface area contributed by atoms with E-state index in [-0.39, 0.29) is 50.5 Å². The molecule has 0 aromatic carbocycles. The maximum absolute atomic E-state index is 9.92. The van der Waals surface area contributed by atoms with Gasteiger partial charge in [0.05, 0.1) is 44.8 Å². The number of fused-ring (bicyclic) bond motifs is 8. The van der Waals surface area contributed by atoms with Gasteiger partial charge in [-0.2, -0.15) is 21.0 Å². The summed E-state index contributed by atoms with van der Waals surface area (Å²) in [7, 11) is 0. The third-order valence-corrected chi connectivity index (χ3v) is 5.07. The van der Waals surface area contributed by atoms with Gasteiger partial charge in [-0.3, -0.25) is 0 Å². The van der Waals surface area contributed by atoms with Gasteiger partial charge in [-0.15, -0.1) is 0 Å². The minimum Gasteiger partial charge on any atom is -0.355 e. The van der Waals surface area contributed by atoms with Crippen molar-refractivity contribution in [3.05, 3.63) is 69.8 Å². The van der Waals surface area contributed by atoms with Gasteiger partial charge in [0, 0.05) is 28.1 Å². The molecule has 0 atom stereocenters. The number of allylic oxidation sites excluding steroid dienone is 1. The molecule has 2 aliphatic rings. The first kappa shape index (κ1) is 21.3. The minimum absolute atomic E-state index is 0. The molecule has 0 saturated carbocycles. The normalized spacial score (nSPS) is 11.3. The zero-order valence-corrected chi connectivity index (χ0v) is 17.8. The molecule has 5 heterocycles.